The fourth-order valence-electron chi connectivity index (χ4n) is 2.78. The van der Waals surface area contributed by atoms with E-state index in [1.54, 1.807) is 7.05 Å². The van der Waals surface area contributed by atoms with Crippen LogP contribution in [0.3, 0.4) is 0 Å². The van der Waals surface area contributed by atoms with Gasteiger partial charge in [0, 0.05) is 26.7 Å². The molecule has 7 heteroatoms. The normalized spacial score (nSPS) is 11.7. The second-order valence-corrected chi connectivity index (χ2v) is 8.03. The number of hydrogen-bond donors (Lipinski definition) is 3. The molecule has 0 atom stereocenters. The molecule has 0 saturated carbocycles. The van der Waals surface area contributed by atoms with Gasteiger partial charge in [0.25, 0.3) is 0 Å². The molecule has 7 nitrogen and oxygen atoms in total. The van der Waals surface area contributed by atoms with Gasteiger partial charge in [0.1, 0.15) is 5.60 Å². The monoisotopic (exact) mass is 426 g/mol. The highest BCUT2D eigenvalue weighted by Crippen LogP contribution is 2.12. The van der Waals surface area contributed by atoms with Crippen molar-refractivity contribution < 1.29 is 14.3 Å². The zero-order valence-corrected chi connectivity index (χ0v) is 18.9. The first kappa shape index (κ1) is 24.2. The van der Waals surface area contributed by atoms with Crippen LogP contribution in [-0.2, 0) is 29.2 Å². The van der Waals surface area contributed by atoms with Crippen LogP contribution in [0, 0.1) is 0 Å². The van der Waals surface area contributed by atoms with Crippen LogP contribution < -0.4 is 16.0 Å². The molecule has 1 amide bonds. The van der Waals surface area contributed by atoms with E-state index in [0.29, 0.717) is 38.8 Å². The molecular formula is C24H34N4O3. The maximum absolute atomic E-state index is 11.7. The molecule has 0 unspecified atom stereocenters. The van der Waals surface area contributed by atoms with E-state index in [9.17, 15) is 4.79 Å². The third kappa shape index (κ3) is 10.00. The van der Waals surface area contributed by atoms with Crippen LogP contribution in [0.1, 0.15) is 37.5 Å². The van der Waals surface area contributed by atoms with E-state index in [1.165, 1.54) is 0 Å². The predicted molar refractivity (Wildman–Crippen MR) is 124 cm³/mol. The van der Waals surface area contributed by atoms with Crippen LogP contribution in [0.15, 0.2) is 59.6 Å². The van der Waals surface area contributed by atoms with Gasteiger partial charge < -0.3 is 25.4 Å². The molecule has 0 bridgehead atoms. The molecule has 168 valence electrons. The minimum Gasteiger partial charge on any atom is -0.444 e. The molecule has 0 saturated heterocycles. The van der Waals surface area contributed by atoms with E-state index in [4.69, 9.17) is 9.47 Å². The number of rotatable bonds is 9. The van der Waals surface area contributed by atoms with E-state index < -0.39 is 11.7 Å². The van der Waals surface area contributed by atoms with Crippen LogP contribution in [0.2, 0.25) is 0 Å². The molecule has 0 spiro atoms. The quantitative estimate of drug-likeness (QED) is 0.324. The van der Waals surface area contributed by atoms with Gasteiger partial charge in [-0.25, -0.2) is 4.79 Å². The average molecular weight is 427 g/mol. The maximum Gasteiger partial charge on any atom is 0.407 e. The smallest absolute Gasteiger partial charge is 0.407 e. The van der Waals surface area contributed by atoms with E-state index in [0.717, 1.165) is 16.7 Å². The van der Waals surface area contributed by atoms with E-state index in [2.05, 4.69) is 45.2 Å². The second kappa shape index (κ2) is 12.6. The number of guanidine groups is 1. The molecular weight excluding hydrogens is 392 g/mol. The van der Waals surface area contributed by atoms with Gasteiger partial charge >= 0.3 is 6.09 Å². The van der Waals surface area contributed by atoms with Crippen molar-refractivity contribution >= 4 is 12.1 Å². The second-order valence-electron chi connectivity index (χ2n) is 8.03. The summed E-state index contributed by atoms with van der Waals surface area (Å²) in [5.74, 6) is 0.658. The lowest BCUT2D eigenvalue weighted by molar-refractivity contribution is 0.0529. The standard InChI is InChI=1S/C24H34N4O3/c1-24(2,3)31-23(29)27-15-14-26-22(25-4)28-16-20-12-8-9-13-21(20)18-30-17-19-10-6-5-7-11-19/h5-13H,14-18H2,1-4H3,(H,27,29)(H2,25,26,28). The molecule has 31 heavy (non-hydrogen) atoms. The van der Waals surface area contributed by atoms with Crippen molar-refractivity contribution in [1.29, 1.82) is 0 Å². The molecule has 0 heterocycles. The van der Waals surface area contributed by atoms with Gasteiger partial charge in [-0.2, -0.15) is 0 Å². The summed E-state index contributed by atoms with van der Waals surface area (Å²) in [5.41, 5.74) is 2.92. The summed E-state index contributed by atoms with van der Waals surface area (Å²) in [4.78, 5) is 15.9. The number of carbonyl (C=O) groups is 1. The highest BCUT2D eigenvalue weighted by atomic mass is 16.6. The van der Waals surface area contributed by atoms with Crippen LogP contribution in [-0.4, -0.2) is 37.8 Å². The molecule has 3 N–H and O–H groups in total. The number of nitrogens with zero attached hydrogens (tertiary/aromatic N) is 1. The van der Waals surface area contributed by atoms with Crippen molar-refractivity contribution in [2.45, 2.75) is 46.1 Å². The van der Waals surface area contributed by atoms with Gasteiger partial charge in [0.2, 0.25) is 0 Å². The van der Waals surface area contributed by atoms with Crippen molar-refractivity contribution in [2.24, 2.45) is 4.99 Å². The number of carbonyl (C=O) groups excluding carboxylic acids is 1. The largest absolute Gasteiger partial charge is 0.444 e. The van der Waals surface area contributed by atoms with E-state index in [-0.39, 0.29) is 0 Å². The zero-order chi connectivity index (χ0) is 22.5. The summed E-state index contributed by atoms with van der Waals surface area (Å²) < 4.78 is 11.1. The van der Waals surface area contributed by atoms with E-state index >= 15 is 0 Å². The molecule has 0 aliphatic carbocycles. The minimum absolute atomic E-state index is 0.429. The molecule has 0 fully saturated rings. The van der Waals surface area contributed by atoms with Crippen molar-refractivity contribution in [2.75, 3.05) is 20.1 Å². The Hall–Kier alpha value is -3.06. The lowest BCUT2D eigenvalue weighted by atomic mass is 10.1. The summed E-state index contributed by atoms with van der Waals surface area (Å²) >= 11 is 0. The average Bonchev–Trinajstić information content (AvgIpc) is 2.73. The zero-order valence-electron chi connectivity index (χ0n) is 18.9. The van der Waals surface area contributed by atoms with Crippen molar-refractivity contribution in [3.8, 4) is 0 Å². The molecule has 0 radical (unpaired) electrons. The predicted octanol–water partition coefficient (Wildman–Crippen LogP) is 3.59. The lowest BCUT2D eigenvalue weighted by Gasteiger charge is -2.20. The third-order valence-corrected chi connectivity index (χ3v) is 4.24. The highest BCUT2D eigenvalue weighted by molar-refractivity contribution is 5.79. The first-order chi connectivity index (χ1) is 14.9. The molecule has 2 aromatic carbocycles. The number of ether oxygens (including phenoxy) is 2. The highest BCUT2D eigenvalue weighted by Gasteiger charge is 2.15. The van der Waals surface area contributed by atoms with Crippen LogP contribution in [0.5, 0.6) is 0 Å². The fraction of sp³-hybridized carbons (Fsp3) is 0.417. The number of hydrogen-bond acceptors (Lipinski definition) is 4. The summed E-state index contributed by atoms with van der Waals surface area (Å²) in [5, 5.41) is 9.19. The van der Waals surface area contributed by atoms with Gasteiger partial charge in [-0.15, -0.1) is 0 Å². The fourth-order valence-corrected chi connectivity index (χ4v) is 2.78. The topological polar surface area (TPSA) is 84.0 Å². The molecule has 2 rings (SSSR count). The maximum atomic E-state index is 11.7. The Labute approximate surface area is 185 Å². The Morgan fingerprint density at radius 3 is 2.19 bits per heavy atom. The lowest BCUT2D eigenvalue weighted by Crippen LogP contribution is -2.42. The Balaban J connectivity index is 1.74. The summed E-state index contributed by atoms with van der Waals surface area (Å²) in [6, 6.07) is 18.3. The molecule has 0 aliphatic heterocycles. The van der Waals surface area contributed by atoms with Crippen molar-refractivity contribution in [1.82, 2.24) is 16.0 Å². The van der Waals surface area contributed by atoms with Crippen molar-refractivity contribution in [3.63, 3.8) is 0 Å². The molecule has 0 aromatic heterocycles. The summed E-state index contributed by atoms with van der Waals surface area (Å²) in [7, 11) is 1.71. The van der Waals surface area contributed by atoms with Gasteiger partial charge in [0.05, 0.1) is 13.2 Å². The van der Waals surface area contributed by atoms with Gasteiger partial charge in [-0.3, -0.25) is 4.99 Å². The van der Waals surface area contributed by atoms with Gasteiger partial charge in [0.15, 0.2) is 5.96 Å². The van der Waals surface area contributed by atoms with E-state index in [1.807, 2.05) is 51.1 Å². The van der Waals surface area contributed by atoms with Crippen LogP contribution in [0.4, 0.5) is 4.79 Å². The van der Waals surface area contributed by atoms with Gasteiger partial charge in [-0.1, -0.05) is 54.6 Å². The van der Waals surface area contributed by atoms with Crippen molar-refractivity contribution in [3.05, 3.63) is 71.3 Å². The summed E-state index contributed by atoms with van der Waals surface area (Å²) in [6.45, 7) is 8.20. The number of aliphatic imine (C=N–C) groups is 1. The Bertz CT molecular complexity index is 832. The number of nitrogens with one attached hydrogen (secondary N) is 3. The third-order valence-electron chi connectivity index (χ3n) is 4.24. The Kier molecular flexibility index (Phi) is 9.84. The first-order valence-corrected chi connectivity index (χ1v) is 10.5. The Morgan fingerprint density at radius 1 is 0.871 bits per heavy atom. The summed E-state index contributed by atoms with van der Waals surface area (Å²) in [6.07, 6.45) is -0.429. The first-order valence-electron chi connectivity index (χ1n) is 10.5. The number of benzene rings is 2. The number of amides is 1. The molecule has 0 aliphatic rings. The van der Waals surface area contributed by atoms with Crippen LogP contribution in [0.25, 0.3) is 0 Å². The molecule has 2 aromatic rings. The minimum atomic E-state index is -0.507. The Morgan fingerprint density at radius 2 is 1.52 bits per heavy atom. The van der Waals surface area contributed by atoms with Crippen LogP contribution >= 0.6 is 0 Å². The van der Waals surface area contributed by atoms with Gasteiger partial charge in [-0.05, 0) is 37.5 Å². The number of alkyl carbamates (subject to hydrolysis) is 1. The SMILES string of the molecule is CN=C(NCCNC(=O)OC(C)(C)C)NCc1ccccc1COCc1ccccc1.